The van der Waals surface area contributed by atoms with E-state index in [1.54, 1.807) is 24.3 Å². The third-order valence-corrected chi connectivity index (χ3v) is 10.8. The number of nitrogens with zero attached hydrogens (tertiary/aromatic N) is 3. The lowest BCUT2D eigenvalue weighted by atomic mass is 9.87. The SMILES string of the molecule is COc1ccc2nc(NC(=O)[C@H](CC3CCCC3)c3ccc(S(=O)(=O)N(CCC(=O)O)Cc4ccc(C(=O)O)cc4)cc3)sc2n1. The molecule has 2 aromatic carbocycles. The molecule has 1 aliphatic rings. The van der Waals surface area contributed by atoms with E-state index in [1.165, 1.54) is 54.8 Å². The summed E-state index contributed by atoms with van der Waals surface area (Å²) in [5.41, 5.74) is 1.85. The molecule has 14 heteroatoms. The molecule has 1 fully saturated rings. The molecule has 242 valence electrons. The van der Waals surface area contributed by atoms with Gasteiger partial charge in [0.05, 0.1) is 29.9 Å². The minimum absolute atomic E-state index is 0.0463. The Balaban J connectivity index is 1.38. The Labute approximate surface area is 270 Å². The number of methoxy groups -OCH3 is 1. The molecule has 0 radical (unpaired) electrons. The van der Waals surface area contributed by atoms with Gasteiger partial charge >= 0.3 is 11.9 Å². The highest BCUT2D eigenvalue weighted by atomic mass is 32.2. The lowest BCUT2D eigenvalue weighted by Gasteiger charge is -2.23. The number of hydrogen-bond acceptors (Lipinski definition) is 9. The Kier molecular flexibility index (Phi) is 10.3. The summed E-state index contributed by atoms with van der Waals surface area (Å²) in [5.74, 6) is -2.26. The largest absolute Gasteiger partial charge is 0.481 e. The highest BCUT2D eigenvalue weighted by molar-refractivity contribution is 7.89. The summed E-state index contributed by atoms with van der Waals surface area (Å²) in [6.45, 7) is -0.428. The van der Waals surface area contributed by atoms with Gasteiger partial charge in [-0.05, 0) is 53.8 Å². The van der Waals surface area contributed by atoms with E-state index in [9.17, 15) is 33.0 Å². The fourth-order valence-corrected chi connectivity index (χ4v) is 7.88. The van der Waals surface area contributed by atoms with Gasteiger partial charge in [-0.15, -0.1) is 0 Å². The summed E-state index contributed by atoms with van der Waals surface area (Å²) >= 11 is 1.24. The first-order valence-corrected chi connectivity index (χ1v) is 17.1. The molecule has 1 atom stereocenters. The maximum Gasteiger partial charge on any atom is 0.335 e. The van der Waals surface area contributed by atoms with Crippen molar-refractivity contribution in [2.75, 3.05) is 19.0 Å². The van der Waals surface area contributed by atoms with Crippen molar-refractivity contribution in [1.82, 2.24) is 14.3 Å². The minimum Gasteiger partial charge on any atom is -0.481 e. The average molecular weight is 667 g/mol. The van der Waals surface area contributed by atoms with Crippen LogP contribution in [0.5, 0.6) is 5.88 Å². The number of carbonyl (C=O) groups excluding carboxylic acids is 1. The van der Waals surface area contributed by atoms with Crippen molar-refractivity contribution in [2.24, 2.45) is 5.92 Å². The van der Waals surface area contributed by atoms with E-state index in [0.29, 0.717) is 44.8 Å². The first-order valence-electron chi connectivity index (χ1n) is 14.8. The summed E-state index contributed by atoms with van der Waals surface area (Å²) in [7, 11) is -2.62. The topological polar surface area (TPSA) is 176 Å². The van der Waals surface area contributed by atoms with Gasteiger partial charge < -0.3 is 20.3 Å². The number of rotatable bonds is 14. The molecule has 2 aromatic heterocycles. The second kappa shape index (κ2) is 14.4. The molecule has 0 bridgehead atoms. The van der Waals surface area contributed by atoms with Crippen LogP contribution in [0, 0.1) is 5.92 Å². The molecule has 0 unspecified atom stereocenters. The molecule has 2 heterocycles. The van der Waals surface area contributed by atoms with Gasteiger partial charge in [0.2, 0.25) is 21.8 Å². The summed E-state index contributed by atoms with van der Waals surface area (Å²) in [6.07, 6.45) is 4.44. The number of fused-ring (bicyclic) bond motifs is 1. The van der Waals surface area contributed by atoms with Gasteiger partial charge in [-0.25, -0.2) is 23.2 Å². The number of pyridine rings is 1. The molecule has 12 nitrogen and oxygen atoms in total. The van der Waals surface area contributed by atoms with Gasteiger partial charge in [0.15, 0.2) is 5.13 Å². The maximum atomic E-state index is 13.7. The number of thiazole rings is 1. The van der Waals surface area contributed by atoms with E-state index in [-0.39, 0.29) is 29.5 Å². The summed E-state index contributed by atoms with van der Waals surface area (Å²) in [6, 6.07) is 15.3. The highest BCUT2D eigenvalue weighted by Gasteiger charge is 2.30. The van der Waals surface area contributed by atoms with Gasteiger partial charge in [-0.3, -0.25) is 9.59 Å². The number of anilines is 1. The fraction of sp³-hybridized carbons (Fsp3) is 0.344. The number of carbonyl (C=O) groups is 3. The van der Waals surface area contributed by atoms with E-state index >= 15 is 0 Å². The van der Waals surface area contributed by atoms with Crippen LogP contribution in [-0.2, 0) is 26.2 Å². The van der Waals surface area contributed by atoms with Crippen LogP contribution in [0.25, 0.3) is 10.3 Å². The molecule has 1 amide bonds. The smallest absolute Gasteiger partial charge is 0.335 e. The van der Waals surface area contributed by atoms with Crippen molar-refractivity contribution >= 4 is 54.7 Å². The molecule has 1 saturated carbocycles. The number of ether oxygens (including phenoxy) is 1. The normalized spacial score (nSPS) is 14.4. The van der Waals surface area contributed by atoms with Crippen molar-refractivity contribution in [3.05, 3.63) is 77.4 Å². The molecule has 0 spiro atoms. The van der Waals surface area contributed by atoms with Gasteiger partial charge in [0.1, 0.15) is 10.3 Å². The maximum absolute atomic E-state index is 13.7. The van der Waals surface area contributed by atoms with Crippen molar-refractivity contribution in [1.29, 1.82) is 0 Å². The van der Waals surface area contributed by atoms with Crippen LogP contribution in [0.1, 0.15) is 65.9 Å². The van der Waals surface area contributed by atoms with E-state index < -0.39 is 34.3 Å². The number of carboxylic acids is 2. The molecular weight excluding hydrogens is 633 g/mol. The zero-order valence-corrected chi connectivity index (χ0v) is 26.7. The summed E-state index contributed by atoms with van der Waals surface area (Å²) < 4.78 is 33.7. The highest BCUT2D eigenvalue weighted by Crippen LogP contribution is 2.36. The van der Waals surface area contributed by atoms with Gasteiger partial charge in [-0.1, -0.05) is 61.3 Å². The third-order valence-electron chi connectivity index (χ3n) is 8.08. The lowest BCUT2D eigenvalue weighted by Crippen LogP contribution is -2.32. The quantitative estimate of drug-likeness (QED) is 0.159. The molecule has 0 aliphatic heterocycles. The Bertz CT molecular complexity index is 1820. The predicted octanol–water partition coefficient (Wildman–Crippen LogP) is 5.37. The molecule has 5 rings (SSSR count). The molecule has 46 heavy (non-hydrogen) atoms. The molecule has 1 aliphatic carbocycles. The van der Waals surface area contributed by atoms with Crippen LogP contribution in [0.4, 0.5) is 5.13 Å². The lowest BCUT2D eigenvalue weighted by molar-refractivity contribution is -0.137. The van der Waals surface area contributed by atoms with E-state index in [0.717, 1.165) is 30.0 Å². The minimum atomic E-state index is -4.15. The Hall–Kier alpha value is -4.40. The molecular formula is C32H34N4O8S2. The van der Waals surface area contributed by atoms with Gasteiger partial charge in [0, 0.05) is 19.2 Å². The van der Waals surface area contributed by atoms with Gasteiger partial charge in [0.25, 0.3) is 0 Å². The zero-order chi connectivity index (χ0) is 32.8. The van der Waals surface area contributed by atoms with Crippen LogP contribution < -0.4 is 10.1 Å². The second-order valence-corrected chi connectivity index (χ2v) is 14.1. The van der Waals surface area contributed by atoms with Crippen LogP contribution >= 0.6 is 11.3 Å². The van der Waals surface area contributed by atoms with Gasteiger partial charge in [-0.2, -0.15) is 4.31 Å². The number of aliphatic carboxylic acids is 1. The average Bonchev–Trinajstić information content (AvgIpc) is 3.71. The summed E-state index contributed by atoms with van der Waals surface area (Å²) in [5, 5.41) is 21.8. The van der Waals surface area contributed by atoms with Crippen molar-refractivity contribution in [2.45, 2.75) is 55.9 Å². The number of sulfonamides is 1. The first kappa shape index (κ1) is 33.0. The van der Waals surface area contributed by atoms with E-state index in [2.05, 4.69) is 15.3 Å². The molecule has 0 saturated heterocycles. The number of amides is 1. The zero-order valence-electron chi connectivity index (χ0n) is 25.1. The monoisotopic (exact) mass is 666 g/mol. The molecule has 4 aromatic rings. The number of carboxylic acid groups (broad SMARTS) is 2. The Morgan fingerprint density at radius 2 is 1.70 bits per heavy atom. The van der Waals surface area contributed by atoms with E-state index in [4.69, 9.17) is 4.74 Å². The second-order valence-electron chi connectivity index (χ2n) is 11.2. The number of aromatic carboxylic acids is 1. The van der Waals surface area contributed by atoms with Crippen LogP contribution in [0.3, 0.4) is 0 Å². The number of nitrogens with one attached hydrogen (secondary N) is 1. The van der Waals surface area contributed by atoms with Crippen molar-refractivity contribution in [3.63, 3.8) is 0 Å². The third kappa shape index (κ3) is 7.87. The van der Waals surface area contributed by atoms with Crippen LogP contribution in [0.15, 0.2) is 65.6 Å². The van der Waals surface area contributed by atoms with E-state index in [1.807, 2.05) is 0 Å². The number of benzene rings is 2. The van der Waals surface area contributed by atoms with Crippen molar-refractivity contribution < 1.29 is 37.8 Å². The Morgan fingerprint density at radius 3 is 2.33 bits per heavy atom. The standard InChI is InChI=1S/C32H34N4O8S2/c1-44-27-15-14-26-30(34-27)45-32(33-26)35-29(39)25(18-20-4-2-3-5-20)22-10-12-24(13-11-22)46(42,43)36(17-16-28(37)38)19-21-6-8-23(9-7-21)31(40)41/h6-15,20,25H,2-5,16-19H2,1H3,(H,37,38)(H,40,41)(H,33,35,39)/t25-/m1/s1. The fourth-order valence-electron chi connectivity index (χ4n) is 5.62. The predicted molar refractivity (Wildman–Crippen MR) is 172 cm³/mol. The van der Waals surface area contributed by atoms with Crippen LogP contribution in [-0.4, -0.2) is 64.4 Å². The van der Waals surface area contributed by atoms with Crippen LogP contribution in [0.2, 0.25) is 0 Å². The number of aromatic nitrogens is 2. The van der Waals surface area contributed by atoms with Crippen molar-refractivity contribution in [3.8, 4) is 5.88 Å². The molecule has 3 N–H and O–H groups in total. The summed E-state index contributed by atoms with van der Waals surface area (Å²) in [4.78, 5) is 45.7. The first-order chi connectivity index (χ1) is 22.0. The Morgan fingerprint density at radius 1 is 1.00 bits per heavy atom. The number of hydrogen-bond donors (Lipinski definition) is 3.